The molecular weight excluding hydrogens is 258 g/mol. The van der Waals surface area contributed by atoms with Crippen molar-refractivity contribution in [2.45, 2.75) is 38.6 Å². The molecule has 0 heterocycles. The Morgan fingerprint density at radius 2 is 2.21 bits per heavy atom. The summed E-state index contributed by atoms with van der Waals surface area (Å²) in [6.45, 7) is 0.584. The number of hydrogen-bond donors (Lipinski definition) is 1. The van der Waals surface area contributed by atoms with Gasteiger partial charge in [-0.05, 0) is 54.7 Å². The molecule has 1 amide bonds. The molecule has 0 radical (unpaired) electrons. The number of carbonyl (C=O) groups excluding carboxylic acids is 1. The van der Waals surface area contributed by atoms with Gasteiger partial charge in [-0.25, -0.2) is 0 Å². The molecule has 1 N–H and O–H groups in total. The van der Waals surface area contributed by atoms with Gasteiger partial charge in [-0.3, -0.25) is 4.79 Å². The van der Waals surface area contributed by atoms with E-state index in [2.05, 4.69) is 5.32 Å². The molecule has 0 aromatic heterocycles. The molecule has 0 aliphatic heterocycles. The van der Waals surface area contributed by atoms with Gasteiger partial charge in [0.2, 0.25) is 5.91 Å². The molecule has 3 heteroatoms. The first-order chi connectivity index (χ1) is 9.20. The lowest BCUT2D eigenvalue weighted by molar-refractivity contribution is -0.122. The Labute approximate surface area is 119 Å². The summed E-state index contributed by atoms with van der Waals surface area (Å²) in [4.78, 5) is 12.0. The Bertz CT molecular complexity index is 474. The number of hydrogen-bond acceptors (Lipinski definition) is 1. The molecular formula is C16H20ClNO. The number of benzene rings is 1. The first-order valence-corrected chi connectivity index (χ1v) is 7.59. The molecule has 2 saturated carbocycles. The predicted octanol–water partition coefficient (Wildman–Crippen LogP) is 3.78. The standard InChI is InChI=1S/C16H20ClNO/c17-15-3-1-2-12(8-15)10-18-16(19)9-14-7-11-4-5-13(14)6-11/h1-3,8,11,13-14H,4-7,9-10H2,(H,18,19)/t11-,13-,14-/m1/s1. The Hall–Kier alpha value is -1.02. The minimum atomic E-state index is 0.192. The van der Waals surface area contributed by atoms with E-state index in [4.69, 9.17) is 11.6 Å². The summed E-state index contributed by atoms with van der Waals surface area (Å²) in [6.07, 6.45) is 6.09. The van der Waals surface area contributed by atoms with Crippen LogP contribution < -0.4 is 5.32 Å². The second-order valence-corrected chi connectivity index (χ2v) is 6.48. The van der Waals surface area contributed by atoms with Gasteiger partial charge in [-0.1, -0.05) is 30.2 Å². The van der Waals surface area contributed by atoms with E-state index in [9.17, 15) is 4.79 Å². The number of fused-ring (bicyclic) bond motifs is 2. The molecule has 1 aromatic rings. The van der Waals surface area contributed by atoms with Crippen LogP contribution in [0.5, 0.6) is 0 Å². The van der Waals surface area contributed by atoms with E-state index in [0.29, 0.717) is 18.9 Å². The van der Waals surface area contributed by atoms with Crippen molar-refractivity contribution in [2.75, 3.05) is 0 Å². The third-order valence-electron chi connectivity index (χ3n) is 4.71. The van der Waals surface area contributed by atoms with Crippen LogP contribution in [0, 0.1) is 17.8 Å². The highest BCUT2D eigenvalue weighted by atomic mass is 35.5. The van der Waals surface area contributed by atoms with E-state index in [-0.39, 0.29) is 5.91 Å². The Morgan fingerprint density at radius 3 is 2.89 bits per heavy atom. The second kappa shape index (κ2) is 5.54. The fourth-order valence-corrected chi connectivity index (χ4v) is 4.00. The minimum absolute atomic E-state index is 0.192. The third kappa shape index (κ3) is 3.11. The highest BCUT2D eigenvalue weighted by molar-refractivity contribution is 6.30. The van der Waals surface area contributed by atoms with Crippen LogP contribution >= 0.6 is 11.6 Å². The van der Waals surface area contributed by atoms with Gasteiger partial charge in [0.05, 0.1) is 0 Å². The van der Waals surface area contributed by atoms with E-state index in [0.717, 1.165) is 22.4 Å². The zero-order valence-corrected chi connectivity index (χ0v) is 11.8. The number of rotatable bonds is 4. The Kier molecular flexibility index (Phi) is 3.79. The maximum absolute atomic E-state index is 12.0. The third-order valence-corrected chi connectivity index (χ3v) is 4.95. The lowest BCUT2D eigenvalue weighted by Crippen LogP contribution is -2.26. The molecule has 0 unspecified atom stereocenters. The lowest BCUT2D eigenvalue weighted by atomic mass is 9.86. The highest BCUT2D eigenvalue weighted by Gasteiger charge is 2.39. The van der Waals surface area contributed by atoms with Crippen molar-refractivity contribution in [3.63, 3.8) is 0 Å². The molecule has 3 rings (SSSR count). The number of carbonyl (C=O) groups is 1. The van der Waals surface area contributed by atoms with Gasteiger partial charge in [0, 0.05) is 18.0 Å². The molecule has 2 aliphatic rings. The van der Waals surface area contributed by atoms with Gasteiger partial charge < -0.3 is 5.32 Å². The maximum Gasteiger partial charge on any atom is 0.220 e. The second-order valence-electron chi connectivity index (χ2n) is 6.05. The summed E-state index contributed by atoms with van der Waals surface area (Å²) in [7, 11) is 0. The smallest absolute Gasteiger partial charge is 0.220 e. The average molecular weight is 278 g/mol. The maximum atomic E-state index is 12.0. The first kappa shape index (κ1) is 13.0. The van der Waals surface area contributed by atoms with Crippen LogP contribution in [0.15, 0.2) is 24.3 Å². The summed E-state index contributed by atoms with van der Waals surface area (Å²) < 4.78 is 0. The van der Waals surface area contributed by atoms with Gasteiger partial charge in [-0.2, -0.15) is 0 Å². The SMILES string of the molecule is O=C(C[C@H]1C[C@@H]2CC[C@@H]1C2)NCc1cccc(Cl)c1. The van der Waals surface area contributed by atoms with Crippen molar-refractivity contribution < 1.29 is 4.79 Å². The summed E-state index contributed by atoms with van der Waals surface area (Å²) >= 11 is 5.93. The molecule has 3 atom stereocenters. The number of halogens is 1. The lowest BCUT2D eigenvalue weighted by Gasteiger charge is -2.20. The van der Waals surface area contributed by atoms with Crippen molar-refractivity contribution in [2.24, 2.45) is 17.8 Å². The fourth-order valence-electron chi connectivity index (χ4n) is 3.78. The van der Waals surface area contributed by atoms with Crippen LogP contribution in [-0.2, 0) is 11.3 Å². The zero-order valence-electron chi connectivity index (χ0n) is 11.1. The molecule has 102 valence electrons. The van der Waals surface area contributed by atoms with Crippen LogP contribution in [0.2, 0.25) is 5.02 Å². The van der Waals surface area contributed by atoms with Crippen molar-refractivity contribution in [1.29, 1.82) is 0 Å². The van der Waals surface area contributed by atoms with Gasteiger partial charge in [0.1, 0.15) is 0 Å². The summed E-state index contributed by atoms with van der Waals surface area (Å²) in [5.74, 6) is 2.56. The molecule has 0 spiro atoms. The van der Waals surface area contributed by atoms with E-state index < -0.39 is 0 Å². The summed E-state index contributed by atoms with van der Waals surface area (Å²) in [5.41, 5.74) is 1.06. The molecule has 1 aromatic carbocycles. The quantitative estimate of drug-likeness (QED) is 0.891. The number of nitrogens with one attached hydrogen (secondary N) is 1. The highest BCUT2D eigenvalue weighted by Crippen LogP contribution is 2.49. The van der Waals surface area contributed by atoms with Crippen molar-refractivity contribution in [1.82, 2.24) is 5.32 Å². The molecule has 19 heavy (non-hydrogen) atoms. The summed E-state index contributed by atoms with van der Waals surface area (Å²) in [5, 5.41) is 3.74. The van der Waals surface area contributed by atoms with Gasteiger partial charge in [0.25, 0.3) is 0 Å². The normalized spacial score (nSPS) is 28.6. The molecule has 0 saturated heterocycles. The number of amides is 1. The molecule has 2 bridgehead atoms. The van der Waals surface area contributed by atoms with Crippen molar-refractivity contribution in [3.05, 3.63) is 34.9 Å². The predicted molar refractivity (Wildman–Crippen MR) is 76.9 cm³/mol. The van der Waals surface area contributed by atoms with Crippen molar-refractivity contribution >= 4 is 17.5 Å². The monoisotopic (exact) mass is 277 g/mol. The topological polar surface area (TPSA) is 29.1 Å². The van der Waals surface area contributed by atoms with Crippen LogP contribution in [0.4, 0.5) is 0 Å². The largest absolute Gasteiger partial charge is 0.352 e. The van der Waals surface area contributed by atoms with Crippen LogP contribution in [-0.4, -0.2) is 5.91 Å². The van der Waals surface area contributed by atoms with E-state index >= 15 is 0 Å². The molecule has 2 aliphatic carbocycles. The van der Waals surface area contributed by atoms with E-state index in [1.54, 1.807) is 0 Å². The van der Waals surface area contributed by atoms with Gasteiger partial charge >= 0.3 is 0 Å². The van der Waals surface area contributed by atoms with Crippen LogP contribution in [0.25, 0.3) is 0 Å². The molecule has 2 nitrogen and oxygen atoms in total. The van der Waals surface area contributed by atoms with E-state index in [1.807, 2.05) is 24.3 Å². The zero-order chi connectivity index (χ0) is 13.2. The van der Waals surface area contributed by atoms with Crippen LogP contribution in [0.3, 0.4) is 0 Å². The minimum Gasteiger partial charge on any atom is -0.352 e. The van der Waals surface area contributed by atoms with Gasteiger partial charge in [-0.15, -0.1) is 0 Å². The average Bonchev–Trinajstić information content (AvgIpc) is 2.99. The van der Waals surface area contributed by atoms with Gasteiger partial charge in [0.15, 0.2) is 0 Å². The molecule has 2 fully saturated rings. The van der Waals surface area contributed by atoms with Crippen molar-refractivity contribution in [3.8, 4) is 0 Å². The fraction of sp³-hybridized carbons (Fsp3) is 0.562. The van der Waals surface area contributed by atoms with Crippen LogP contribution in [0.1, 0.15) is 37.7 Å². The Balaban J connectivity index is 1.47. The van der Waals surface area contributed by atoms with E-state index in [1.165, 1.54) is 25.7 Å². The summed E-state index contributed by atoms with van der Waals surface area (Å²) in [6, 6.07) is 7.66. The Morgan fingerprint density at radius 1 is 1.32 bits per heavy atom. The first-order valence-electron chi connectivity index (χ1n) is 7.22.